The van der Waals surface area contributed by atoms with Crippen LogP contribution in [-0.2, 0) is 9.53 Å². The van der Waals surface area contributed by atoms with Crippen LogP contribution in [0, 0.1) is 5.92 Å². The van der Waals surface area contributed by atoms with Crippen molar-refractivity contribution in [3.8, 4) is 0 Å². The van der Waals surface area contributed by atoms with Gasteiger partial charge in [0.25, 0.3) is 0 Å². The Morgan fingerprint density at radius 3 is 2.74 bits per heavy atom. The molecule has 1 aromatic carbocycles. The summed E-state index contributed by atoms with van der Waals surface area (Å²) in [6.07, 6.45) is 0.600. The molecule has 0 fully saturated rings. The molecule has 0 saturated carbocycles. The SMILES string of the molecule is COC(=O)c1cc(NC(=O)C(C)CCN)ccc1Cl. The summed E-state index contributed by atoms with van der Waals surface area (Å²) in [7, 11) is 1.27. The smallest absolute Gasteiger partial charge is 0.339 e. The number of benzene rings is 1. The molecule has 0 aliphatic carbocycles. The third-order valence-corrected chi connectivity index (χ3v) is 3.02. The Kier molecular flexibility index (Phi) is 5.79. The van der Waals surface area contributed by atoms with Gasteiger partial charge in [-0.25, -0.2) is 4.79 Å². The summed E-state index contributed by atoms with van der Waals surface area (Å²) in [5.41, 5.74) is 6.12. The summed E-state index contributed by atoms with van der Waals surface area (Å²) in [4.78, 5) is 23.3. The van der Waals surface area contributed by atoms with Gasteiger partial charge < -0.3 is 15.8 Å². The van der Waals surface area contributed by atoms with E-state index in [0.717, 1.165) is 0 Å². The predicted molar refractivity (Wildman–Crippen MR) is 74.3 cm³/mol. The van der Waals surface area contributed by atoms with Crippen LogP contribution in [0.25, 0.3) is 0 Å². The molecule has 0 radical (unpaired) electrons. The molecular formula is C13H17ClN2O3. The normalized spacial score (nSPS) is 11.8. The van der Waals surface area contributed by atoms with Gasteiger partial charge in [-0.3, -0.25) is 4.79 Å². The van der Waals surface area contributed by atoms with Crippen molar-refractivity contribution in [2.45, 2.75) is 13.3 Å². The van der Waals surface area contributed by atoms with Crippen molar-refractivity contribution in [2.75, 3.05) is 19.0 Å². The molecule has 0 heterocycles. The highest BCUT2D eigenvalue weighted by Crippen LogP contribution is 2.22. The first-order valence-corrected chi connectivity index (χ1v) is 6.26. The number of hydrogen-bond acceptors (Lipinski definition) is 4. The van der Waals surface area contributed by atoms with Crippen LogP contribution in [0.5, 0.6) is 0 Å². The zero-order valence-corrected chi connectivity index (χ0v) is 11.7. The van der Waals surface area contributed by atoms with Gasteiger partial charge in [-0.15, -0.1) is 0 Å². The van der Waals surface area contributed by atoms with Crippen molar-refractivity contribution < 1.29 is 14.3 Å². The number of halogens is 1. The summed E-state index contributed by atoms with van der Waals surface area (Å²) >= 11 is 5.89. The fourth-order valence-electron chi connectivity index (χ4n) is 1.52. The molecule has 0 bridgehead atoms. The van der Waals surface area contributed by atoms with Crippen LogP contribution in [0.15, 0.2) is 18.2 Å². The molecule has 0 spiro atoms. The van der Waals surface area contributed by atoms with Crippen LogP contribution in [0.2, 0.25) is 5.02 Å². The first kappa shape index (κ1) is 15.5. The van der Waals surface area contributed by atoms with E-state index < -0.39 is 5.97 Å². The van der Waals surface area contributed by atoms with Gasteiger partial charge in [-0.05, 0) is 31.2 Å². The van der Waals surface area contributed by atoms with E-state index in [1.807, 2.05) is 0 Å². The van der Waals surface area contributed by atoms with Crippen LogP contribution in [-0.4, -0.2) is 25.5 Å². The van der Waals surface area contributed by atoms with Crippen LogP contribution in [0.3, 0.4) is 0 Å². The maximum Gasteiger partial charge on any atom is 0.339 e. The number of esters is 1. The minimum absolute atomic E-state index is 0.149. The molecule has 1 aromatic rings. The Hall–Kier alpha value is -1.59. The molecule has 0 aromatic heterocycles. The molecule has 0 aliphatic heterocycles. The summed E-state index contributed by atoms with van der Waals surface area (Å²) in [6, 6.07) is 4.65. The van der Waals surface area contributed by atoms with E-state index >= 15 is 0 Å². The van der Waals surface area contributed by atoms with Gasteiger partial charge in [0, 0.05) is 11.6 Å². The summed E-state index contributed by atoms with van der Waals surface area (Å²) < 4.78 is 4.61. The monoisotopic (exact) mass is 284 g/mol. The molecule has 0 saturated heterocycles. The van der Waals surface area contributed by atoms with Crippen LogP contribution >= 0.6 is 11.6 Å². The number of anilines is 1. The fraction of sp³-hybridized carbons (Fsp3) is 0.385. The van der Waals surface area contributed by atoms with E-state index in [-0.39, 0.29) is 22.4 Å². The zero-order chi connectivity index (χ0) is 14.4. The van der Waals surface area contributed by atoms with E-state index in [9.17, 15) is 9.59 Å². The van der Waals surface area contributed by atoms with Crippen LogP contribution in [0.4, 0.5) is 5.69 Å². The van der Waals surface area contributed by atoms with Crippen LogP contribution < -0.4 is 11.1 Å². The molecule has 3 N–H and O–H groups in total. The van der Waals surface area contributed by atoms with Gasteiger partial charge in [0.1, 0.15) is 0 Å². The Labute approximate surface area is 117 Å². The van der Waals surface area contributed by atoms with Crippen molar-refractivity contribution in [2.24, 2.45) is 11.7 Å². The lowest BCUT2D eigenvalue weighted by Crippen LogP contribution is -2.22. The molecule has 1 amide bonds. The van der Waals surface area contributed by atoms with E-state index in [0.29, 0.717) is 18.7 Å². The zero-order valence-electron chi connectivity index (χ0n) is 10.9. The summed E-state index contributed by atoms with van der Waals surface area (Å²) in [5, 5.41) is 2.99. The number of ether oxygens (including phenoxy) is 1. The van der Waals surface area contributed by atoms with E-state index in [1.165, 1.54) is 19.2 Å². The second kappa shape index (κ2) is 7.11. The molecule has 1 atom stereocenters. The largest absolute Gasteiger partial charge is 0.465 e. The van der Waals surface area contributed by atoms with Gasteiger partial charge in [0.15, 0.2) is 0 Å². The minimum atomic E-state index is -0.545. The van der Waals surface area contributed by atoms with Gasteiger partial charge in [0.05, 0.1) is 17.7 Å². The standard InChI is InChI=1S/C13H17ClN2O3/c1-8(5-6-15)12(17)16-9-3-4-11(14)10(7-9)13(18)19-2/h3-4,7-8H,5-6,15H2,1-2H3,(H,16,17). The van der Waals surface area contributed by atoms with E-state index in [4.69, 9.17) is 17.3 Å². The Bertz CT molecular complexity index is 477. The number of carbonyl (C=O) groups is 2. The Balaban J connectivity index is 2.85. The van der Waals surface area contributed by atoms with Crippen molar-refractivity contribution in [1.29, 1.82) is 0 Å². The number of amides is 1. The van der Waals surface area contributed by atoms with Crippen LogP contribution in [0.1, 0.15) is 23.7 Å². The Morgan fingerprint density at radius 2 is 2.16 bits per heavy atom. The highest BCUT2D eigenvalue weighted by atomic mass is 35.5. The first-order chi connectivity index (χ1) is 8.99. The third kappa shape index (κ3) is 4.22. The molecule has 1 unspecified atom stereocenters. The number of nitrogens with one attached hydrogen (secondary N) is 1. The highest BCUT2D eigenvalue weighted by Gasteiger charge is 2.15. The maximum atomic E-state index is 11.8. The summed E-state index contributed by atoms with van der Waals surface area (Å²) in [6.45, 7) is 2.24. The quantitative estimate of drug-likeness (QED) is 0.811. The topological polar surface area (TPSA) is 81.4 Å². The second-order valence-corrected chi connectivity index (χ2v) is 4.56. The molecule has 0 aliphatic rings. The highest BCUT2D eigenvalue weighted by molar-refractivity contribution is 6.33. The number of methoxy groups -OCH3 is 1. The first-order valence-electron chi connectivity index (χ1n) is 5.88. The lowest BCUT2D eigenvalue weighted by Gasteiger charge is -2.12. The lowest BCUT2D eigenvalue weighted by atomic mass is 10.1. The van der Waals surface area contributed by atoms with Crippen molar-refractivity contribution in [3.05, 3.63) is 28.8 Å². The average Bonchev–Trinajstić information content (AvgIpc) is 2.40. The van der Waals surface area contributed by atoms with Gasteiger partial charge in [-0.2, -0.15) is 0 Å². The summed E-state index contributed by atoms with van der Waals surface area (Å²) in [5.74, 6) is -0.887. The van der Waals surface area contributed by atoms with Gasteiger partial charge >= 0.3 is 5.97 Å². The van der Waals surface area contributed by atoms with Gasteiger partial charge in [-0.1, -0.05) is 18.5 Å². The fourth-order valence-corrected chi connectivity index (χ4v) is 1.71. The van der Waals surface area contributed by atoms with E-state index in [1.54, 1.807) is 13.0 Å². The Morgan fingerprint density at radius 1 is 1.47 bits per heavy atom. The van der Waals surface area contributed by atoms with Crippen molar-refractivity contribution in [1.82, 2.24) is 0 Å². The molecule has 5 nitrogen and oxygen atoms in total. The number of nitrogens with two attached hydrogens (primary N) is 1. The molecule has 19 heavy (non-hydrogen) atoms. The molecular weight excluding hydrogens is 268 g/mol. The second-order valence-electron chi connectivity index (χ2n) is 4.15. The third-order valence-electron chi connectivity index (χ3n) is 2.69. The van der Waals surface area contributed by atoms with E-state index in [2.05, 4.69) is 10.1 Å². The number of rotatable bonds is 5. The molecule has 1 rings (SSSR count). The number of carbonyl (C=O) groups excluding carboxylic acids is 2. The van der Waals surface area contributed by atoms with Gasteiger partial charge in [0.2, 0.25) is 5.91 Å². The maximum absolute atomic E-state index is 11.8. The number of hydrogen-bond donors (Lipinski definition) is 2. The minimum Gasteiger partial charge on any atom is -0.465 e. The van der Waals surface area contributed by atoms with Crippen molar-refractivity contribution in [3.63, 3.8) is 0 Å². The lowest BCUT2D eigenvalue weighted by molar-refractivity contribution is -0.119. The predicted octanol–water partition coefficient (Wildman–Crippen LogP) is 2.05. The molecule has 6 heteroatoms. The average molecular weight is 285 g/mol. The molecule has 104 valence electrons. The van der Waals surface area contributed by atoms with Crippen molar-refractivity contribution >= 4 is 29.2 Å².